The van der Waals surface area contributed by atoms with Crippen molar-refractivity contribution in [2.75, 3.05) is 33.4 Å². The zero-order valence-electron chi connectivity index (χ0n) is 14.8. The maximum absolute atomic E-state index is 12.6. The van der Waals surface area contributed by atoms with Gasteiger partial charge in [0.15, 0.2) is 0 Å². The van der Waals surface area contributed by atoms with Gasteiger partial charge in [0.1, 0.15) is 10.6 Å². The lowest BCUT2D eigenvalue weighted by atomic mass is 10.2. The molecule has 0 bridgehead atoms. The number of rotatable bonds is 7. The summed E-state index contributed by atoms with van der Waals surface area (Å²) in [5, 5.41) is 0. The number of hydrogen-bond acceptors (Lipinski definition) is 5. The normalized spacial score (nSPS) is 18.6. The standard InChI is InChI=1S/C19H24N2O4S/c1-24-18-9-5-6-10-19(18)26(22,23)20-13-17-15-21(11-12-25-17)14-16-7-3-2-4-8-16/h2-10,17,20H,11-15H2,1H3. The van der Waals surface area contributed by atoms with Crippen molar-refractivity contribution in [2.24, 2.45) is 0 Å². The average molecular weight is 376 g/mol. The van der Waals surface area contributed by atoms with Crippen molar-refractivity contribution in [3.63, 3.8) is 0 Å². The average Bonchev–Trinajstić information content (AvgIpc) is 2.67. The Morgan fingerprint density at radius 1 is 1.15 bits per heavy atom. The van der Waals surface area contributed by atoms with Crippen molar-refractivity contribution >= 4 is 10.0 Å². The molecule has 1 atom stereocenters. The molecular formula is C19H24N2O4S. The van der Waals surface area contributed by atoms with Crippen molar-refractivity contribution in [2.45, 2.75) is 17.5 Å². The summed E-state index contributed by atoms with van der Waals surface area (Å²) in [6.45, 7) is 3.17. The zero-order chi connectivity index (χ0) is 18.4. The molecule has 0 amide bonds. The highest BCUT2D eigenvalue weighted by molar-refractivity contribution is 7.89. The van der Waals surface area contributed by atoms with E-state index in [-0.39, 0.29) is 17.5 Å². The van der Waals surface area contributed by atoms with Gasteiger partial charge in [-0.1, -0.05) is 42.5 Å². The summed E-state index contributed by atoms with van der Waals surface area (Å²) in [5.74, 6) is 0.329. The van der Waals surface area contributed by atoms with Gasteiger partial charge in [-0.05, 0) is 17.7 Å². The molecule has 1 N–H and O–H groups in total. The maximum Gasteiger partial charge on any atom is 0.244 e. The molecule has 2 aromatic carbocycles. The van der Waals surface area contributed by atoms with Gasteiger partial charge in [-0.2, -0.15) is 0 Å². The summed E-state index contributed by atoms with van der Waals surface area (Å²) in [4.78, 5) is 2.42. The third-order valence-corrected chi connectivity index (χ3v) is 5.79. The highest BCUT2D eigenvalue weighted by Gasteiger charge is 2.24. The Balaban J connectivity index is 1.58. The fraction of sp³-hybridized carbons (Fsp3) is 0.368. The van der Waals surface area contributed by atoms with Gasteiger partial charge in [0.05, 0.1) is 19.8 Å². The highest BCUT2D eigenvalue weighted by Crippen LogP contribution is 2.22. The fourth-order valence-electron chi connectivity index (χ4n) is 3.01. The van der Waals surface area contributed by atoms with E-state index in [9.17, 15) is 8.42 Å². The zero-order valence-corrected chi connectivity index (χ0v) is 15.6. The van der Waals surface area contributed by atoms with Gasteiger partial charge in [-0.3, -0.25) is 4.90 Å². The summed E-state index contributed by atoms with van der Waals surface area (Å²) in [6.07, 6.45) is -0.183. The van der Waals surface area contributed by atoms with Gasteiger partial charge in [0.25, 0.3) is 0 Å². The van der Waals surface area contributed by atoms with Crippen LogP contribution in [0, 0.1) is 0 Å². The summed E-state index contributed by atoms with van der Waals surface area (Å²) >= 11 is 0. The summed E-state index contributed by atoms with van der Waals surface area (Å²) < 4.78 is 38.7. The number of nitrogens with one attached hydrogen (secondary N) is 1. The number of morpholine rings is 1. The Kier molecular flexibility index (Phi) is 6.26. The summed E-state index contributed by atoms with van der Waals surface area (Å²) in [6, 6.07) is 16.8. The van der Waals surface area contributed by atoms with Crippen LogP contribution in [-0.4, -0.2) is 52.8 Å². The fourth-order valence-corrected chi connectivity index (χ4v) is 4.25. The quantitative estimate of drug-likeness (QED) is 0.799. The first kappa shape index (κ1) is 18.8. The molecule has 0 aromatic heterocycles. The molecule has 1 saturated heterocycles. The van der Waals surface area contributed by atoms with E-state index in [0.29, 0.717) is 18.9 Å². The largest absolute Gasteiger partial charge is 0.495 e. The second kappa shape index (κ2) is 8.64. The molecule has 7 heteroatoms. The molecule has 1 fully saturated rings. The van der Waals surface area contributed by atoms with Gasteiger partial charge in [0, 0.05) is 26.2 Å². The van der Waals surface area contributed by atoms with Gasteiger partial charge >= 0.3 is 0 Å². The molecule has 140 valence electrons. The number of nitrogens with zero attached hydrogens (tertiary/aromatic N) is 1. The first-order valence-electron chi connectivity index (χ1n) is 8.59. The minimum atomic E-state index is -3.65. The second-order valence-electron chi connectivity index (χ2n) is 6.22. The Morgan fingerprint density at radius 2 is 1.88 bits per heavy atom. The first-order chi connectivity index (χ1) is 12.6. The van der Waals surface area contributed by atoms with Crippen LogP contribution in [0.5, 0.6) is 5.75 Å². The predicted octanol–water partition coefficient (Wildman–Crippen LogP) is 1.87. The van der Waals surface area contributed by atoms with Gasteiger partial charge in [-0.25, -0.2) is 13.1 Å². The van der Waals surface area contributed by atoms with Crippen molar-refractivity contribution in [1.29, 1.82) is 0 Å². The van der Waals surface area contributed by atoms with Gasteiger partial charge in [0.2, 0.25) is 10.0 Å². The van der Waals surface area contributed by atoms with E-state index in [1.54, 1.807) is 18.2 Å². The molecule has 6 nitrogen and oxygen atoms in total. The smallest absolute Gasteiger partial charge is 0.244 e. The van der Waals surface area contributed by atoms with Crippen LogP contribution < -0.4 is 9.46 Å². The molecule has 26 heavy (non-hydrogen) atoms. The topological polar surface area (TPSA) is 67.9 Å². The third kappa shape index (κ3) is 4.82. The van der Waals surface area contributed by atoms with Crippen LogP contribution in [-0.2, 0) is 21.3 Å². The number of ether oxygens (including phenoxy) is 2. The van der Waals surface area contributed by atoms with Gasteiger partial charge < -0.3 is 9.47 Å². The lowest BCUT2D eigenvalue weighted by molar-refractivity contribution is -0.0276. The molecule has 1 heterocycles. The molecule has 3 rings (SSSR count). The lowest BCUT2D eigenvalue weighted by Gasteiger charge is -2.33. The molecule has 2 aromatic rings. The monoisotopic (exact) mass is 376 g/mol. The van der Waals surface area contributed by atoms with E-state index >= 15 is 0 Å². The van der Waals surface area contributed by atoms with E-state index in [4.69, 9.17) is 9.47 Å². The summed E-state index contributed by atoms with van der Waals surface area (Å²) in [5.41, 5.74) is 1.24. The van der Waals surface area contributed by atoms with Crippen molar-refractivity contribution in [3.8, 4) is 5.75 Å². The maximum atomic E-state index is 12.6. The third-order valence-electron chi connectivity index (χ3n) is 4.33. The van der Waals surface area contributed by atoms with Crippen LogP contribution in [0.3, 0.4) is 0 Å². The molecule has 1 unspecified atom stereocenters. The number of methoxy groups -OCH3 is 1. The van der Waals surface area contributed by atoms with Crippen LogP contribution in [0.1, 0.15) is 5.56 Å². The van der Waals surface area contributed by atoms with Crippen molar-refractivity contribution < 1.29 is 17.9 Å². The first-order valence-corrected chi connectivity index (χ1v) is 10.1. The van der Waals surface area contributed by atoms with Crippen LogP contribution in [0.4, 0.5) is 0 Å². The molecular weight excluding hydrogens is 352 g/mol. The summed E-state index contributed by atoms with van der Waals surface area (Å²) in [7, 11) is -2.19. The molecule has 0 radical (unpaired) electrons. The molecule has 0 saturated carbocycles. The lowest BCUT2D eigenvalue weighted by Crippen LogP contribution is -2.47. The van der Waals surface area contributed by atoms with Crippen LogP contribution in [0.15, 0.2) is 59.5 Å². The van der Waals surface area contributed by atoms with Gasteiger partial charge in [-0.15, -0.1) is 0 Å². The van der Waals surface area contributed by atoms with E-state index in [1.165, 1.54) is 18.7 Å². The van der Waals surface area contributed by atoms with Crippen molar-refractivity contribution in [1.82, 2.24) is 9.62 Å². The number of para-hydroxylation sites is 1. The van der Waals surface area contributed by atoms with E-state index in [0.717, 1.165) is 13.1 Å². The minimum Gasteiger partial charge on any atom is -0.495 e. The van der Waals surface area contributed by atoms with Crippen molar-refractivity contribution in [3.05, 3.63) is 60.2 Å². The highest BCUT2D eigenvalue weighted by atomic mass is 32.2. The molecule has 0 spiro atoms. The number of hydrogen-bond donors (Lipinski definition) is 1. The van der Waals surface area contributed by atoms with Crippen LogP contribution >= 0.6 is 0 Å². The minimum absolute atomic E-state index is 0.138. The Hall–Kier alpha value is -1.93. The Labute approximate surface area is 154 Å². The van der Waals surface area contributed by atoms with E-state index in [1.807, 2.05) is 18.2 Å². The molecule has 1 aliphatic rings. The predicted molar refractivity (Wildman–Crippen MR) is 99.6 cm³/mol. The Morgan fingerprint density at radius 3 is 2.65 bits per heavy atom. The molecule has 1 aliphatic heterocycles. The second-order valence-corrected chi connectivity index (χ2v) is 7.95. The van der Waals surface area contributed by atoms with E-state index in [2.05, 4.69) is 21.8 Å². The van der Waals surface area contributed by atoms with E-state index < -0.39 is 10.0 Å². The van der Waals surface area contributed by atoms with Crippen LogP contribution in [0.25, 0.3) is 0 Å². The Bertz CT molecular complexity index is 811. The molecule has 0 aliphatic carbocycles. The van der Waals surface area contributed by atoms with Crippen LogP contribution in [0.2, 0.25) is 0 Å². The number of benzene rings is 2. The SMILES string of the molecule is COc1ccccc1S(=O)(=O)NCC1CN(Cc2ccccc2)CCO1. The number of sulfonamides is 1.